The Morgan fingerprint density at radius 3 is 2.61 bits per heavy atom. The topological polar surface area (TPSA) is 42.2 Å². The van der Waals surface area contributed by atoms with Gasteiger partial charge in [-0.3, -0.25) is 4.79 Å². The number of fused-ring (bicyclic) bond motifs is 1. The average molecular weight is 245 g/mol. The van der Waals surface area contributed by atoms with Crippen molar-refractivity contribution in [3.8, 4) is 0 Å². The highest BCUT2D eigenvalue weighted by Crippen LogP contribution is 2.28. The first kappa shape index (κ1) is 12.7. The Hall–Kier alpha value is -1.77. The first-order valence-electron chi connectivity index (χ1n) is 6.26. The first-order valence-corrected chi connectivity index (χ1v) is 6.26. The van der Waals surface area contributed by atoms with Crippen LogP contribution in [0.2, 0.25) is 0 Å². The first-order chi connectivity index (χ1) is 8.45. The van der Waals surface area contributed by atoms with E-state index in [-0.39, 0.29) is 0 Å². The molecule has 0 saturated carbocycles. The van der Waals surface area contributed by atoms with Crippen LogP contribution in [-0.4, -0.2) is 15.6 Å². The van der Waals surface area contributed by atoms with Crippen molar-refractivity contribution in [1.82, 2.24) is 4.57 Å². The van der Waals surface area contributed by atoms with Gasteiger partial charge in [0.15, 0.2) is 0 Å². The molecular formula is C15H19NO2. The molecule has 2 aromatic rings. The van der Waals surface area contributed by atoms with Gasteiger partial charge in [-0.1, -0.05) is 18.2 Å². The Kier molecular flexibility index (Phi) is 3.16. The van der Waals surface area contributed by atoms with E-state index in [2.05, 4.69) is 29.8 Å². The average Bonchev–Trinajstić information content (AvgIpc) is 2.67. The summed E-state index contributed by atoms with van der Waals surface area (Å²) in [7, 11) is 0. The third kappa shape index (κ3) is 2.13. The summed E-state index contributed by atoms with van der Waals surface area (Å²) in [5.74, 6) is -0.754. The molecule has 0 spiro atoms. The molecule has 96 valence electrons. The van der Waals surface area contributed by atoms with Crippen LogP contribution in [0.5, 0.6) is 0 Å². The summed E-state index contributed by atoms with van der Waals surface area (Å²) >= 11 is 0. The molecule has 0 bridgehead atoms. The summed E-state index contributed by atoms with van der Waals surface area (Å²) in [5.41, 5.74) is 1.55. The summed E-state index contributed by atoms with van der Waals surface area (Å²) in [4.78, 5) is 11.2. The molecule has 18 heavy (non-hydrogen) atoms. The van der Waals surface area contributed by atoms with Crippen LogP contribution in [0.25, 0.3) is 10.9 Å². The zero-order valence-corrected chi connectivity index (χ0v) is 11.1. The molecule has 0 unspecified atom stereocenters. The van der Waals surface area contributed by atoms with E-state index in [0.29, 0.717) is 6.42 Å². The highest BCUT2D eigenvalue weighted by atomic mass is 16.4. The summed E-state index contributed by atoms with van der Waals surface area (Å²) in [6, 6.07) is 8.16. The van der Waals surface area contributed by atoms with E-state index in [0.717, 1.165) is 17.5 Å². The van der Waals surface area contributed by atoms with Crippen LogP contribution >= 0.6 is 0 Å². The van der Waals surface area contributed by atoms with Gasteiger partial charge in [-0.05, 0) is 38.8 Å². The number of aryl methyl sites for hydroxylation is 1. The maximum atomic E-state index is 11.2. The van der Waals surface area contributed by atoms with E-state index in [1.807, 2.05) is 12.1 Å². The van der Waals surface area contributed by atoms with Crippen LogP contribution < -0.4 is 0 Å². The highest BCUT2D eigenvalue weighted by Gasteiger charge is 2.28. The molecule has 1 N–H and O–H groups in total. The molecule has 0 aliphatic heterocycles. The van der Waals surface area contributed by atoms with Crippen molar-refractivity contribution in [2.45, 2.75) is 33.7 Å². The van der Waals surface area contributed by atoms with Gasteiger partial charge in [-0.2, -0.15) is 0 Å². The maximum Gasteiger partial charge on any atom is 0.309 e. The molecule has 3 nitrogen and oxygen atoms in total. The zero-order chi connectivity index (χ0) is 13.3. The van der Waals surface area contributed by atoms with Crippen molar-refractivity contribution >= 4 is 16.9 Å². The van der Waals surface area contributed by atoms with Crippen LogP contribution in [0, 0.1) is 5.41 Å². The molecule has 1 aromatic heterocycles. The lowest BCUT2D eigenvalue weighted by atomic mass is 9.86. The van der Waals surface area contributed by atoms with Crippen LogP contribution in [0.15, 0.2) is 30.5 Å². The Morgan fingerprint density at radius 1 is 1.33 bits per heavy atom. The largest absolute Gasteiger partial charge is 0.481 e. The number of carbonyl (C=O) groups is 1. The SMILES string of the molecule is CCn1cc(CC(C)(C)C(=O)O)c2ccccc21. The van der Waals surface area contributed by atoms with E-state index in [1.54, 1.807) is 13.8 Å². The quantitative estimate of drug-likeness (QED) is 0.897. The molecule has 2 rings (SSSR count). The summed E-state index contributed by atoms with van der Waals surface area (Å²) in [6.45, 7) is 6.54. The van der Waals surface area contributed by atoms with Gasteiger partial charge < -0.3 is 9.67 Å². The Balaban J connectivity index is 2.49. The Morgan fingerprint density at radius 2 is 2.00 bits per heavy atom. The lowest BCUT2D eigenvalue weighted by Gasteiger charge is -2.18. The summed E-state index contributed by atoms with van der Waals surface area (Å²) in [5, 5.41) is 10.4. The number of carboxylic acids is 1. The molecule has 3 heteroatoms. The molecule has 0 atom stereocenters. The number of nitrogens with zero attached hydrogens (tertiary/aromatic N) is 1. The Bertz CT molecular complexity index is 581. The fraction of sp³-hybridized carbons (Fsp3) is 0.400. The molecule has 0 saturated heterocycles. The van der Waals surface area contributed by atoms with Crippen molar-refractivity contribution in [1.29, 1.82) is 0 Å². The predicted molar refractivity (Wildman–Crippen MR) is 72.7 cm³/mol. The number of para-hydroxylation sites is 1. The Labute approximate surface area is 107 Å². The minimum absolute atomic E-state index is 0.551. The number of carboxylic acid groups (broad SMARTS) is 1. The summed E-state index contributed by atoms with van der Waals surface area (Å²) in [6.07, 6.45) is 2.63. The minimum atomic E-state index is -0.754. The number of aliphatic carboxylic acids is 1. The molecule has 0 amide bonds. The van der Waals surface area contributed by atoms with Crippen LogP contribution in [0.3, 0.4) is 0 Å². The number of aromatic nitrogens is 1. The fourth-order valence-electron chi connectivity index (χ4n) is 2.28. The van der Waals surface area contributed by atoms with Gasteiger partial charge in [0.2, 0.25) is 0 Å². The minimum Gasteiger partial charge on any atom is -0.481 e. The monoisotopic (exact) mass is 245 g/mol. The molecule has 1 aromatic carbocycles. The van der Waals surface area contributed by atoms with E-state index in [4.69, 9.17) is 0 Å². The van der Waals surface area contributed by atoms with Crippen molar-refractivity contribution in [2.75, 3.05) is 0 Å². The van der Waals surface area contributed by atoms with Gasteiger partial charge >= 0.3 is 5.97 Å². The van der Waals surface area contributed by atoms with Gasteiger partial charge in [0.25, 0.3) is 0 Å². The predicted octanol–water partition coefficient (Wildman–Crippen LogP) is 3.31. The van der Waals surface area contributed by atoms with E-state index >= 15 is 0 Å². The molecule has 0 aliphatic rings. The van der Waals surface area contributed by atoms with E-state index in [9.17, 15) is 9.90 Å². The molecule has 0 radical (unpaired) electrons. The number of hydrogen-bond acceptors (Lipinski definition) is 1. The smallest absolute Gasteiger partial charge is 0.309 e. The number of hydrogen-bond donors (Lipinski definition) is 1. The zero-order valence-electron chi connectivity index (χ0n) is 11.1. The molecule has 0 aliphatic carbocycles. The third-order valence-corrected chi connectivity index (χ3v) is 3.42. The fourth-order valence-corrected chi connectivity index (χ4v) is 2.28. The maximum absolute atomic E-state index is 11.2. The number of rotatable bonds is 4. The lowest BCUT2D eigenvalue weighted by molar-refractivity contribution is -0.146. The van der Waals surface area contributed by atoms with Crippen LogP contribution in [-0.2, 0) is 17.8 Å². The van der Waals surface area contributed by atoms with Crippen molar-refractivity contribution in [2.24, 2.45) is 5.41 Å². The van der Waals surface area contributed by atoms with Gasteiger partial charge in [0, 0.05) is 23.6 Å². The molecular weight excluding hydrogens is 226 g/mol. The van der Waals surface area contributed by atoms with Crippen molar-refractivity contribution < 1.29 is 9.90 Å². The summed E-state index contributed by atoms with van der Waals surface area (Å²) < 4.78 is 2.17. The third-order valence-electron chi connectivity index (χ3n) is 3.42. The van der Waals surface area contributed by atoms with Gasteiger partial charge in [-0.25, -0.2) is 0 Å². The normalized spacial score (nSPS) is 11.9. The second-order valence-corrected chi connectivity index (χ2v) is 5.32. The standard InChI is InChI=1S/C15H19NO2/c1-4-16-10-11(9-15(2,3)14(17)18)12-7-5-6-8-13(12)16/h5-8,10H,4,9H2,1-3H3,(H,17,18). The number of benzene rings is 1. The highest BCUT2D eigenvalue weighted by molar-refractivity contribution is 5.85. The lowest BCUT2D eigenvalue weighted by Crippen LogP contribution is -2.26. The molecule has 1 heterocycles. The van der Waals surface area contributed by atoms with Crippen molar-refractivity contribution in [3.63, 3.8) is 0 Å². The van der Waals surface area contributed by atoms with Gasteiger partial charge in [-0.15, -0.1) is 0 Å². The van der Waals surface area contributed by atoms with Crippen LogP contribution in [0.1, 0.15) is 26.3 Å². The molecule has 0 fully saturated rings. The second-order valence-electron chi connectivity index (χ2n) is 5.32. The van der Waals surface area contributed by atoms with E-state index < -0.39 is 11.4 Å². The van der Waals surface area contributed by atoms with Gasteiger partial charge in [0.1, 0.15) is 0 Å². The van der Waals surface area contributed by atoms with Crippen LogP contribution in [0.4, 0.5) is 0 Å². The second kappa shape index (κ2) is 4.48. The van der Waals surface area contributed by atoms with Crippen molar-refractivity contribution in [3.05, 3.63) is 36.0 Å². The van der Waals surface area contributed by atoms with E-state index in [1.165, 1.54) is 5.52 Å². The van der Waals surface area contributed by atoms with Gasteiger partial charge in [0.05, 0.1) is 5.41 Å².